The van der Waals surface area contributed by atoms with Crippen LogP contribution in [0.25, 0.3) is 0 Å². The summed E-state index contributed by atoms with van der Waals surface area (Å²) in [6.07, 6.45) is 2.17. The molecule has 0 spiro atoms. The molecule has 1 aliphatic heterocycles. The monoisotopic (exact) mass is 267 g/mol. The third-order valence-electron chi connectivity index (χ3n) is 4.32. The number of aliphatic hydroxyl groups is 1. The normalized spacial score (nSPS) is 19.8. The van der Waals surface area contributed by atoms with Crippen LogP contribution in [-0.2, 0) is 5.60 Å². The molecule has 2 aromatic carbocycles. The maximum atomic E-state index is 11.5. The van der Waals surface area contributed by atoms with E-state index in [1.54, 1.807) is 0 Å². The summed E-state index contributed by atoms with van der Waals surface area (Å²) in [5, 5.41) is 15.0. The van der Waals surface area contributed by atoms with Crippen molar-refractivity contribution in [2.24, 2.45) is 5.92 Å². The first-order chi connectivity index (χ1) is 9.82. The minimum Gasteiger partial charge on any atom is -0.380 e. The van der Waals surface area contributed by atoms with E-state index in [-0.39, 0.29) is 5.92 Å². The van der Waals surface area contributed by atoms with Crippen LogP contribution in [0.2, 0.25) is 0 Å². The van der Waals surface area contributed by atoms with E-state index in [0.29, 0.717) is 0 Å². The summed E-state index contributed by atoms with van der Waals surface area (Å²) in [5.74, 6) is 0.209. The summed E-state index contributed by atoms with van der Waals surface area (Å²) in [4.78, 5) is 0. The molecule has 1 unspecified atom stereocenters. The molecule has 1 aliphatic rings. The second kappa shape index (κ2) is 5.78. The first kappa shape index (κ1) is 13.3. The van der Waals surface area contributed by atoms with Gasteiger partial charge < -0.3 is 10.4 Å². The van der Waals surface area contributed by atoms with Gasteiger partial charge in [-0.1, -0.05) is 60.7 Å². The fourth-order valence-corrected chi connectivity index (χ4v) is 3.23. The predicted octanol–water partition coefficient (Wildman–Crippen LogP) is 2.92. The first-order valence-electron chi connectivity index (χ1n) is 7.36. The summed E-state index contributed by atoms with van der Waals surface area (Å²) in [5.41, 5.74) is 1.07. The second-order valence-electron chi connectivity index (χ2n) is 5.54. The van der Waals surface area contributed by atoms with E-state index in [1.165, 1.54) is 0 Å². The number of piperidine rings is 1. The largest absolute Gasteiger partial charge is 0.380 e. The third-order valence-corrected chi connectivity index (χ3v) is 4.32. The van der Waals surface area contributed by atoms with E-state index in [0.717, 1.165) is 37.1 Å². The van der Waals surface area contributed by atoms with Crippen molar-refractivity contribution < 1.29 is 5.11 Å². The van der Waals surface area contributed by atoms with Gasteiger partial charge in [0.1, 0.15) is 5.60 Å². The minimum atomic E-state index is -0.907. The smallest absolute Gasteiger partial charge is 0.119 e. The lowest BCUT2D eigenvalue weighted by atomic mass is 9.73. The van der Waals surface area contributed by atoms with Gasteiger partial charge in [-0.3, -0.25) is 0 Å². The molecule has 1 fully saturated rings. The lowest BCUT2D eigenvalue weighted by molar-refractivity contribution is 0.00541. The maximum Gasteiger partial charge on any atom is 0.119 e. The molecule has 1 heterocycles. The first-order valence-corrected chi connectivity index (χ1v) is 7.36. The summed E-state index contributed by atoms with van der Waals surface area (Å²) >= 11 is 0. The van der Waals surface area contributed by atoms with Crippen molar-refractivity contribution in [2.75, 3.05) is 13.1 Å². The standard InChI is InChI=1S/C18H21NO/c20-18(15-8-3-1-4-9-15,16-10-5-2-6-11-16)17-12-7-13-19-14-17/h1-6,8-11,17,19-20H,7,12-14H2. The highest BCUT2D eigenvalue weighted by atomic mass is 16.3. The van der Waals surface area contributed by atoms with Gasteiger partial charge in [-0.15, -0.1) is 0 Å². The van der Waals surface area contributed by atoms with Gasteiger partial charge in [0.15, 0.2) is 0 Å². The number of nitrogens with one attached hydrogen (secondary N) is 1. The molecule has 2 aromatic rings. The Morgan fingerprint density at radius 1 is 0.900 bits per heavy atom. The van der Waals surface area contributed by atoms with Crippen molar-refractivity contribution in [3.63, 3.8) is 0 Å². The highest BCUT2D eigenvalue weighted by Gasteiger charge is 2.40. The van der Waals surface area contributed by atoms with Crippen LogP contribution >= 0.6 is 0 Å². The summed E-state index contributed by atoms with van der Waals surface area (Å²) in [7, 11) is 0. The molecule has 2 nitrogen and oxygen atoms in total. The Hall–Kier alpha value is -1.64. The van der Waals surface area contributed by atoms with Crippen molar-refractivity contribution in [2.45, 2.75) is 18.4 Å². The van der Waals surface area contributed by atoms with Crippen LogP contribution in [0.4, 0.5) is 0 Å². The van der Waals surface area contributed by atoms with Crippen molar-refractivity contribution in [3.8, 4) is 0 Å². The number of hydrogen-bond acceptors (Lipinski definition) is 2. The van der Waals surface area contributed by atoms with E-state index >= 15 is 0 Å². The molecule has 0 radical (unpaired) electrons. The van der Waals surface area contributed by atoms with Crippen LogP contribution in [0.5, 0.6) is 0 Å². The average Bonchev–Trinajstić information content (AvgIpc) is 2.56. The van der Waals surface area contributed by atoms with Gasteiger partial charge >= 0.3 is 0 Å². The van der Waals surface area contributed by atoms with E-state index in [1.807, 2.05) is 60.7 Å². The topological polar surface area (TPSA) is 32.3 Å². The van der Waals surface area contributed by atoms with Crippen LogP contribution in [0, 0.1) is 5.92 Å². The van der Waals surface area contributed by atoms with Gasteiger partial charge in [-0.2, -0.15) is 0 Å². The van der Waals surface area contributed by atoms with Gasteiger partial charge in [-0.05, 0) is 30.5 Å². The molecule has 0 saturated carbocycles. The lowest BCUT2D eigenvalue weighted by Crippen LogP contribution is -2.45. The molecule has 1 saturated heterocycles. The quantitative estimate of drug-likeness (QED) is 0.896. The maximum absolute atomic E-state index is 11.5. The summed E-state index contributed by atoms with van der Waals surface area (Å²) < 4.78 is 0. The van der Waals surface area contributed by atoms with Crippen LogP contribution < -0.4 is 5.32 Å². The number of rotatable bonds is 3. The SMILES string of the molecule is OC(c1ccccc1)(c1ccccc1)C1CCCNC1. The summed E-state index contributed by atoms with van der Waals surface area (Å²) in [6, 6.07) is 20.1. The number of benzene rings is 2. The zero-order valence-electron chi connectivity index (χ0n) is 11.6. The molecule has 2 heteroatoms. The van der Waals surface area contributed by atoms with Gasteiger partial charge in [-0.25, -0.2) is 0 Å². The zero-order valence-corrected chi connectivity index (χ0v) is 11.6. The molecule has 104 valence electrons. The van der Waals surface area contributed by atoms with Crippen molar-refractivity contribution in [3.05, 3.63) is 71.8 Å². The van der Waals surface area contributed by atoms with E-state index in [9.17, 15) is 5.11 Å². The van der Waals surface area contributed by atoms with Crippen LogP contribution in [0.15, 0.2) is 60.7 Å². The molecule has 20 heavy (non-hydrogen) atoms. The Balaban J connectivity index is 2.07. The summed E-state index contributed by atoms with van der Waals surface area (Å²) in [6.45, 7) is 1.91. The molecule has 0 aliphatic carbocycles. The fourth-order valence-electron chi connectivity index (χ4n) is 3.23. The predicted molar refractivity (Wildman–Crippen MR) is 81.5 cm³/mol. The molecular weight excluding hydrogens is 246 g/mol. The van der Waals surface area contributed by atoms with E-state index in [2.05, 4.69) is 5.32 Å². The van der Waals surface area contributed by atoms with E-state index in [4.69, 9.17) is 0 Å². The van der Waals surface area contributed by atoms with Crippen molar-refractivity contribution >= 4 is 0 Å². The minimum absolute atomic E-state index is 0.209. The van der Waals surface area contributed by atoms with Gasteiger partial charge in [0.05, 0.1) is 0 Å². The van der Waals surface area contributed by atoms with Crippen molar-refractivity contribution in [1.82, 2.24) is 5.32 Å². The zero-order chi connectivity index (χ0) is 13.8. The Morgan fingerprint density at radius 2 is 1.45 bits per heavy atom. The van der Waals surface area contributed by atoms with Gasteiger partial charge in [0, 0.05) is 12.5 Å². The Kier molecular flexibility index (Phi) is 3.86. The Bertz CT molecular complexity index is 492. The molecular formula is C18H21NO. The fraction of sp³-hybridized carbons (Fsp3) is 0.333. The molecule has 1 atom stereocenters. The van der Waals surface area contributed by atoms with Gasteiger partial charge in [0.2, 0.25) is 0 Å². The molecule has 3 rings (SSSR count). The van der Waals surface area contributed by atoms with Crippen LogP contribution in [-0.4, -0.2) is 18.2 Å². The third kappa shape index (κ3) is 2.37. The Morgan fingerprint density at radius 3 is 1.90 bits per heavy atom. The number of hydrogen-bond donors (Lipinski definition) is 2. The van der Waals surface area contributed by atoms with Gasteiger partial charge in [0.25, 0.3) is 0 Å². The second-order valence-corrected chi connectivity index (χ2v) is 5.54. The molecule has 2 N–H and O–H groups in total. The van der Waals surface area contributed by atoms with Crippen molar-refractivity contribution in [1.29, 1.82) is 0 Å². The van der Waals surface area contributed by atoms with E-state index < -0.39 is 5.60 Å². The molecule has 0 amide bonds. The molecule has 0 bridgehead atoms. The highest BCUT2D eigenvalue weighted by molar-refractivity contribution is 5.37. The highest BCUT2D eigenvalue weighted by Crippen LogP contribution is 2.39. The Labute approximate surface area is 120 Å². The lowest BCUT2D eigenvalue weighted by Gasteiger charge is -2.39. The molecule has 0 aromatic heterocycles. The average molecular weight is 267 g/mol. The van der Waals surface area contributed by atoms with Crippen LogP contribution in [0.1, 0.15) is 24.0 Å². The van der Waals surface area contributed by atoms with Crippen LogP contribution in [0.3, 0.4) is 0 Å².